The minimum atomic E-state index is 0.0814. The van der Waals surface area contributed by atoms with Crippen LogP contribution in [-0.2, 0) is 23.7 Å². The fourth-order valence-electron chi connectivity index (χ4n) is 13.2. The van der Waals surface area contributed by atoms with Gasteiger partial charge in [0.1, 0.15) is 0 Å². The van der Waals surface area contributed by atoms with E-state index in [4.69, 9.17) is 0 Å². The van der Waals surface area contributed by atoms with E-state index in [0.29, 0.717) is 12.1 Å². The monoisotopic (exact) mass is 1040 g/mol. The summed E-state index contributed by atoms with van der Waals surface area (Å²) in [6.07, 6.45) is 50.5. The maximum atomic E-state index is 3.03. The van der Waals surface area contributed by atoms with Crippen molar-refractivity contribution in [2.24, 2.45) is 0 Å². The van der Waals surface area contributed by atoms with Gasteiger partial charge in [0, 0.05) is 22.9 Å². The molecule has 0 fully saturated rings. The second-order valence-corrected chi connectivity index (χ2v) is 26.7. The SMILES string of the molecule is CCCCCCCCC(CCCCCCCC)n1c2cc(-c3cc(CCCCCC)c(C(C)(C)C)cc3CCCCCC)ccc2c2c1c1ccc(C(C)(C)C)cc1n2C(CCCCCCCC)CCCCCCCC. The number of hydrogen-bond acceptors (Lipinski definition) is 0. The average molecular weight is 1040 g/mol. The van der Waals surface area contributed by atoms with E-state index in [9.17, 15) is 0 Å². The van der Waals surface area contributed by atoms with Gasteiger partial charge in [-0.3, -0.25) is 0 Å². The van der Waals surface area contributed by atoms with Gasteiger partial charge in [0.2, 0.25) is 0 Å². The van der Waals surface area contributed by atoms with Crippen molar-refractivity contribution in [1.82, 2.24) is 9.13 Å². The summed E-state index contributed by atoms with van der Waals surface area (Å²) in [5, 5.41) is 3.02. The van der Waals surface area contributed by atoms with Crippen LogP contribution in [0.1, 0.15) is 349 Å². The zero-order valence-corrected chi connectivity index (χ0v) is 52.5. The Morgan fingerprint density at radius 3 is 1.09 bits per heavy atom. The van der Waals surface area contributed by atoms with E-state index in [2.05, 4.69) is 141 Å². The molecule has 2 heterocycles. The van der Waals surface area contributed by atoms with E-state index < -0.39 is 0 Å². The molecule has 0 atom stereocenters. The number of nitrogens with zero attached hydrogens (tertiary/aromatic N) is 2. The lowest BCUT2D eigenvalue weighted by atomic mass is 9.79. The first-order valence-electron chi connectivity index (χ1n) is 33.6. The number of unbranched alkanes of at least 4 members (excludes halogenated alkanes) is 26. The Morgan fingerprint density at radius 1 is 0.342 bits per heavy atom. The maximum absolute atomic E-state index is 3.03. The molecule has 428 valence electrons. The quantitative estimate of drug-likeness (QED) is 0.0345. The maximum Gasteiger partial charge on any atom is 0.0756 e. The number of benzene rings is 3. The van der Waals surface area contributed by atoms with Gasteiger partial charge >= 0.3 is 0 Å². The number of aryl methyl sites for hydroxylation is 2. The van der Waals surface area contributed by atoms with E-state index in [1.54, 1.807) is 27.7 Å². The predicted octanol–water partition coefficient (Wildman–Crippen LogP) is 25.3. The van der Waals surface area contributed by atoms with E-state index in [1.807, 2.05) is 0 Å². The van der Waals surface area contributed by atoms with Crippen LogP contribution in [0.2, 0.25) is 0 Å². The van der Waals surface area contributed by atoms with Gasteiger partial charge in [-0.25, -0.2) is 0 Å². The molecule has 0 unspecified atom stereocenters. The van der Waals surface area contributed by atoms with Gasteiger partial charge < -0.3 is 9.13 Å². The summed E-state index contributed by atoms with van der Waals surface area (Å²) in [7, 11) is 0. The molecular formula is C74H122N2. The van der Waals surface area contributed by atoms with Crippen LogP contribution in [0.5, 0.6) is 0 Å². The number of rotatable bonds is 41. The zero-order valence-electron chi connectivity index (χ0n) is 52.5. The summed E-state index contributed by atoms with van der Waals surface area (Å²) in [5.74, 6) is 0. The van der Waals surface area contributed by atoms with Crippen molar-refractivity contribution in [1.29, 1.82) is 0 Å². The fraction of sp³-hybridized carbons (Fsp3) is 0.730. The highest BCUT2D eigenvalue weighted by atomic mass is 15.1. The second kappa shape index (κ2) is 34.2. The summed E-state index contributed by atoms with van der Waals surface area (Å²) in [5.41, 5.74) is 15.5. The van der Waals surface area contributed by atoms with Crippen molar-refractivity contribution in [3.8, 4) is 11.1 Å². The van der Waals surface area contributed by atoms with Crippen LogP contribution >= 0.6 is 0 Å². The van der Waals surface area contributed by atoms with Gasteiger partial charge in [0.05, 0.1) is 22.1 Å². The van der Waals surface area contributed by atoms with Gasteiger partial charge in [-0.2, -0.15) is 0 Å². The first kappa shape index (κ1) is 63.8. The highest BCUT2D eigenvalue weighted by molar-refractivity contribution is 6.19. The Morgan fingerprint density at radius 2 is 0.697 bits per heavy atom. The van der Waals surface area contributed by atoms with Crippen LogP contribution in [-0.4, -0.2) is 9.13 Å². The first-order valence-corrected chi connectivity index (χ1v) is 33.6. The Bertz CT molecular complexity index is 2320. The lowest BCUT2D eigenvalue weighted by Gasteiger charge is -2.26. The normalized spacial score (nSPS) is 12.6. The summed E-state index contributed by atoms with van der Waals surface area (Å²) < 4.78 is 6.04. The third-order valence-electron chi connectivity index (χ3n) is 17.9. The van der Waals surface area contributed by atoms with Gasteiger partial charge in [-0.05, 0) is 108 Å². The molecule has 0 aliphatic heterocycles. The van der Waals surface area contributed by atoms with Crippen molar-refractivity contribution < 1.29 is 0 Å². The van der Waals surface area contributed by atoms with Crippen molar-refractivity contribution in [3.05, 3.63) is 70.8 Å². The smallest absolute Gasteiger partial charge is 0.0756 e. The van der Waals surface area contributed by atoms with Crippen LogP contribution in [0.25, 0.3) is 44.0 Å². The lowest BCUT2D eigenvalue weighted by Crippen LogP contribution is -2.15. The molecule has 5 rings (SSSR count). The van der Waals surface area contributed by atoms with Crippen molar-refractivity contribution in [2.45, 2.75) is 350 Å². The molecule has 2 heteroatoms. The van der Waals surface area contributed by atoms with Gasteiger partial charge in [0.15, 0.2) is 0 Å². The van der Waals surface area contributed by atoms with Crippen LogP contribution < -0.4 is 0 Å². The molecule has 0 radical (unpaired) electrons. The van der Waals surface area contributed by atoms with Crippen molar-refractivity contribution >= 4 is 32.8 Å². The minimum absolute atomic E-state index is 0.0814. The van der Waals surface area contributed by atoms with E-state index in [-0.39, 0.29) is 10.8 Å². The third-order valence-corrected chi connectivity index (χ3v) is 17.9. The highest BCUT2D eigenvalue weighted by Gasteiger charge is 2.29. The van der Waals surface area contributed by atoms with Gasteiger partial charge in [-0.1, -0.05) is 312 Å². The van der Waals surface area contributed by atoms with Crippen LogP contribution in [0.3, 0.4) is 0 Å². The molecule has 76 heavy (non-hydrogen) atoms. The molecule has 0 spiro atoms. The lowest BCUT2D eigenvalue weighted by molar-refractivity contribution is 0.407. The van der Waals surface area contributed by atoms with Gasteiger partial charge in [0.25, 0.3) is 0 Å². The third kappa shape index (κ3) is 19.1. The Kier molecular flexibility index (Phi) is 28.7. The second-order valence-electron chi connectivity index (χ2n) is 26.7. The molecule has 0 amide bonds. The molecule has 0 bridgehead atoms. The Balaban J connectivity index is 1.85. The molecule has 0 aliphatic carbocycles. The van der Waals surface area contributed by atoms with Crippen LogP contribution in [0, 0.1) is 0 Å². The summed E-state index contributed by atoms with van der Waals surface area (Å²) >= 11 is 0. The molecule has 5 aromatic rings. The van der Waals surface area contributed by atoms with Crippen molar-refractivity contribution in [2.75, 3.05) is 0 Å². The molecular weight excluding hydrogens is 917 g/mol. The molecule has 3 aromatic carbocycles. The van der Waals surface area contributed by atoms with Crippen molar-refractivity contribution in [3.63, 3.8) is 0 Å². The standard InChI is InChI=1S/C74H122N2/c1-13-19-25-31-35-41-47-63(48-42-36-32-26-20-14-2)75-69-57-60(67-55-61(46-40-30-24-18-6)68(74(10,11)12)56-59(67)45-39-29-23-17-5)51-53-65(69)71-72(75)66-54-52-62(73(7,8)9)58-70(66)76(71)64(49-43-37-33-27-21-15-3)50-44-38-34-28-22-16-4/h51-58,63-64H,13-50H2,1-12H3. The molecule has 0 saturated heterocycles. The van der Waals surface area contributed by atoms with E-state index >= 15 is 0 Å². The minimum Gasteiger partial charge on any atom is -0.336 e. The van der Waals surface area contributed by atoms with Gasteiger partial charge in [-0.15, -0.1) is 0 Å². The van der Waals surface area contributed by atoms with E-state index in [0.717, 1.165) is 0 Å². The fourth-order valence-corrected chi connectivity index (χ4v) is 13.2. The number of hydrogen-bond donors (Lipinski definition) is 0. The molecule has 2 aromatic heterocycles. The van der Waals surface area contributed by atoms with E-state index in [1.165, 1.54) is 282 Å². The average Bonchev–Trinajstić information content (AvgIpc) is 3.95. The molecule has 0 aliphatic rings. The number of aromatic nitrogens is 2. The topological polar surface area (TPSA) is 9.86 Å². The Labute approximate surface area is 471 Å². The first-order chi connectivity index (χ1) is 36.8. The molecule has 0 saturated carbocycles. The number of fused-ring (bicyclic) bond motifs is 5. The Hall–Kier alpha value is -3.00. The van der Waals surface area contributed by atoms with Crippen LogP contribution in [0.15, 0.2) is 48.5 Å². The highest BCUT2D eigenvalue weighted by Crippen LogP contribution is 2.47. The predicted molar refractivity (Wildman–Crippen MR) is 344 cm³/mol. The summed E-state index contributed by atoms with van der Waals surface area (Å²) in [6.45, 7) is 28.9. The largest absolute Gasteiger partial charge is 0.336 e. The summed E-state index contributed by atoms with van der Waals surface area (Å²) in [6, 6.07) is 22.2. The molecule has 0 N–H and O–H groups in total. The summed E-state index contributed by atoms with van der Waals surface area (Å²) in [4.78, 5) is 0. The molecule has 2 nitrogen and oxygen atoms in total. The zero-order chi connectivity index (χ0) is 54.8. The van der Waals surface area contributed by atoms with Crippen LogP contribution in [0.4, 0.5) is 0 Å².